The van der Waals surface area contributed by atoms with Crippen molar-refractivity contribution in [1.29, 1.82) is 0 Å². The molecule has 0 aliphatic carbocycles. The average Bonchev–Trinajstić information content (AvgIpc) is 2.40. The van der Waals surface area contributed by atoms with Crippen molar-refractivity contribution in [2.45, 2.75) is 25.9 Å². The Morgan fingerprint density at radius 1 is 1.58 bits per heavy atom. The van der Waals surface area contributed by atoms with Crippen LogP contribution in [0.2, 0.25) is 0 Å². The van der Waals surface area contributed by atoms with E-state index in [1.807, 2.05) is 6.92 Å². The lowest BCUT2D eigenvalue weighted by molar-refractivity contribution is -0.146. The van der Waals surface area contributed by atoms with Crippen molar-refractivity contribution in [2.75, 3.05) is 18.9 Å². The van der Waals surface area contributed by atoms with Crippen molar-refractivity contribution < 1.29 is 19.4 Å². The molecule has 2 atom stereocenters. The van der Waals surface area contributed by atoms with Gasteiger partial charge in [0.15, 0.2) is 0 Å². The molecule has 1 aliphatic rings. The Bertz CT molecular complexity index is 461. The van der Waals surface area contributed by atoms with Crippen LogP contribution in [0, 0.1) is 5.92 Å². The molecule has 0 amide bonds. The monoisotopic (exact) mass is 265 g/mol. The van der Waals surface area contributed by atoms with Gasteiger partial charge in [0, 0.05) is 17.2 Å². The highest BCUT2D eigenvalue weighted by molar-refractivity contribution is 5.70. The summed E-state index contributed by atoms with van der Waals surface area (Å²) in [5, 5.41) is 10.3. The van der Waals surface area contributed by atoms with E-state index in [2.05, 4.69) is 0 Å². The topological polar surface area (TPSA) is 81.8 Å². The summed E-state index contributed by atoms with van der Waals surface area (Å²) < 4.78 is 10.6. The Labute approximate surface area is 112 Å². The second kappa shape index (κ2) is 5.93. The van der Waals surface area contributed by atoms with Crippen LogP contribution in [0.1, 0.15) is 31.4 Å². The zero-order valence-electron chi connectivity index (χ0n) is 11.0. The first-order valence-corrected chi connectivity index (χ1v) is 6.47. The summed E-state index contributed by atoms with van der Waals surface area (Å²) >= 11 is 0. The van der Waals surface area contributed by atoms with E-state index in [1.165, 1.54) is 0 Å². The van der Waals surface area contributed by atoms with Gasteiger partial charge in [-0.15, -0.1) is 0 Å². The van der Waals surface area contributed by atoms with Gasteiger partial charge in [-0.3, -0.25) is 4.79 Å². The molecule has 0 bridgehead atoms. The number of aliphatic hydroxyl groups excluding tert-OH is 1. The van der Waals surface area contributed by atoms with Crippen LogP contribution in [-0.2, 0) is 9.53 Å². The largest absolute Gasteiger partial charge is 0.493 e. The first-order chi connectivity index (χ1) is 9.11. The molecule has 1 aromatic rings. The zero-order chi connectivity index (χ0) is 13.8. The molecule has 0 aromatic heterocycles. The molecule has 19 heavy (non-hydrogen) atoms. The molecule has 1 heterocycles. The Kier molecular flexibility index (Phi) is 4.27. The van der Waals surface area contributed by atoms with Crippen LogP contribution in [0.5, 0.6) is 5.75 Å². The van der Waals surface area contributed by atoms with Gasteiger partial charge >= 0.3 is 5.97 Å². The van der Waals surface area contributed by atoms with Gasteiger partial charge < -0.3 is 20.3 Å². The van der Waals surface area contributed by atoms with Crippen LogP contribution in [0.15, 0.2) is 18.2 Å². The molecule has 1 aliphatic heterocycles. The minimum Gasteiger partial charge on any atom is -0.493 e. The van der Waals surface area contributed by atoms with E-state index in [-0.39, 0.29) is 18.3 Å². The third-order valence-corrected chi connectivity index (χ3v) is 3.15. The minimum absolute atomic E-state index is 0.148. The lowest BCUT2D eigenvalue weighted by atomic mass is 9.90. The van der Waals surface area contributed by atoms with E-state index in [9.17, 15) is 9.90 Å². The van der Waals surface area contributed by atoms with Gasteiger partial charge in [-0.2, -0.15) is 0 Å². The molecule has 5 nitrogen and oxygen atoms in total. The molecule has 3 N–H and O–H groups in total. The first-order valence-electron chi connectivity index (χ1n) is 6.47. The fourth-order valence-corrected chi connectivity index (χ4v) is 2.13. The van der Waals surface area contributed by atoms with Crippen molar-refractivity contribution in [1.82, 2.24) is 0 Å². The first kappa shape index (κ1) is 13.7. The Hall–Kier alpha value is -1.75. The van der Waals surface area contributed by atoms with Crippen LogP contribution >= 0.6 is 0 Å². The minimum atomic E-state index is -0.749. The van der Waals surface area contributed by atoms with E-state index < -0.39 is 6.10 Å². The number of benzene rings is 1. The van der Waals surface area contributed by atoms with Crippen molar-refractivity contribution in [3.63, 3.8) is 0 Å². The molecule has 5 heteroatoms. The molecule has 2 unspecified atom stereocenters. The van der Waals surface area contributed by atoms with Gasteiger partial charge in [0.2, 0.25) is 0 Å². The van der Waals surface area contributed by atoms with Crippen LogP contribution in [0.3, 0.4) is 0 Å². The summed E-state index contributed by atoms with van der Waals surface area (Å²) in [6.07, 6.45) is 0.186. The number of aliphatic hydroxyl groups is 1. The second-order valence-corrected chi connectivity index (χ2v) is 4.74. The molecular formula is C14H19NO4. The number of hydrogen-bond acceptors (Lipinski definition) is 5. The van der Waals surface area contributed by atoms with Gasteiger partial charge in [-0.25, -0.2) is 0 Å². The lowest BCUT2D eigenvalue weighted by Gasteiger charge is -2.29. The van der Waals surface area contributed by atoms with Crippen molar-refractivity contribution in [2.24, 2.45) is 5.92 Å². The summed E-state index contributed by atoms with van der Waals surface area (Å²) in [5.41, 5.74) is 6.90. The molecular weight excluding hydrogens is 246 g/mol. The number of hydrogen-bond donors (Lipinski definition) is 2. The van der Waals surface area contributed by atoms with E-state index in [4.69, 9.17) is 15.2 Å². The standard InChI is InChI=1S/C14H19NO4/c1-2-5-18-13(16)6-9-8-19-12-4-3-10(15)7-11(12)14(9)17/h3-4,7,9,14,17H,2,5-6,8,15H2,1H3. The third kappa shape index (κ3) is 3.17. The molecule has 2 rings (SSSR count). The van der Waals surface area contributed by atoms with Crippen molar-refractivity contribution in [3.05, 3.63) is 23.8 Å². The number of anilines is 1. The maximum Gasteiger partial charge on any atom is 0.306 e. The Balaban J connectivity index is 2.04. The van der Waals surface area contributed by atoms with E-state index in [1.54, 1.807) is 18.2 Å². The number of carbonyl (C=O) groups is 1. The number of ether oxygens (including phenoxy) is 2. The van der Waals surface area contributed by atoms with E-state index in [0.29, 0.717) is 30.2 Å². The van der Waals surface area contributed by atoms with Crippen LogP contribution in [0.25, 0.3) is 0 Å². The average molecular weight is 265 g/mol. The predicted octanol–water partition coefficient (Wildman–Crippen LogP) is 1.65. The number of nitrogens with two attached hydrogens (primary N) is 1. The fraction of sp³-hybridized carbons (Fsp3) is 0.500. The van der Waals surface area contributed by atoms with E-state index in [0.717, 1.165) is 6.42 Å². The number of fused-ring (bicyclic) bond motifs is 1. The number of nitrogen functional groups attached to an aromatic ring is 1. The lowest BCUT2D eigenvalue weighted by Crippen LogP contribution is -2.28. The van der Waals surface area contributed by atoms with Gasteiger partial charge in [-0.1, -0.05) is 6.92 Å². The number of carbonyl (C=O) groups excluding carboxylic acids is 1. The summed E-state index contributed by atoms with van der Waals surface area (Å²) in [7, 11) is 0. The molecule has 0 radical (unpaired) electrons. The summed E-state index contributed by atoms with van der Waals surface area (Å²) in [6.45, 7) is 2.65. The molecule has 0 saturated heterocycles. The van der Waals surface area contributed by atoms with Gasteiger partial charge in [0.25, 0.3) is 0 Å². The molecule has 0 spiro atoms. The highest BCUT2D eigenvalue weighted by atomic mass is 16.5. The van der Waals surface area contributed by atoms with Gasteiger partial charge in [-0.05, 0) is 24.6 Å². The van der Waals surface area contributed by atoms with Gasteiger partial charge in [0.1, 0.15) is 5.75 Å². The maximum atomic E-state index is 11.6. The summed E-state index contributed by atoms with van der Waals surface area (Å²) in [4.78, 5) is 11.6. The normalized spacial score (nSPS) is 21.4. The van der Waals surface area contributed by atoms with Crippen LogP contribution in [0.4, 0.5) is 5.69 Å². The number of rotatable bonds is 4. The molecule has 0 saturated carbocycles. The quantitative estimate of drug-likeness (QED) is 0.639. The Morgan fingerprint density at radius 3 is 3.11 bits per heavy atom. The third-order valence-electron chi connectivity index (χ3n) is 3.15. The second-order valence-electron chi connectivity index (χ2n) is 4.74. The summed E-state index contributed by atoms with van der Waals surface area (Å²) in [6, 6.07) is 5.14. The molecule has 104 valence electrons. The fourth-order valence-electron chi connectivity index (χ4n) is 2.13. The molecule has 1 aromatic carbocycles. The highest BCUT2D eigenvalue weighted by Gasteiger charge is 2.31. The molecule has 0 fully saturated rings. The predicted molar refractivity (Wildman–Crippen MR) is 70.7 cm³/mol. The Morgan fingerprint density at radius 2 is 2.37 bits per heavy atom. The van der Waals surface area contributed by atoms with Crippen LogP contribution in [-0.4, -0.2) is 24.3 Å². The number of esters is 1. The summed E-state index contributed by atoms with van der Waals surface area (Å²) in [5.74, 6) is 0.0281. The van der Waals surface area contributed by atoms with E-state index >= 15 is 0 Å². The van der Waals surface area contributed by atoms with Crippen molar-refractivity contribution >= 4 is 11.7 Å². The zero-order valence-corrected chi connectivity index (χ0v) is 11.0. The van der Waals surface area contributed by atoms with Crippen LogP contribution < -0.4 is 10.5 Å². The van der Waals surface area contributed by atoms with Crippen molar-refractivity contribution in [3.8, 4) is 5.75 Å². The smallest absolute Gasteiger partial charge is 0.306 e. The van der Waals surface area contributed by atoms with Gasteiger partial charge in [0.05, 0.1) is 25.7 Å². The SMILES string of the molecule is CCCOC(=O)CC1COc2ccc(N)cc2C1O. The highest BCUT2D eigenvalue weighted by Crippen LogP contribution is 2.37. The maximum absolute atomic E-state index is 11.6.